The minimum atomic E-state index is -0.112. The fourth-order valence-corrected chi connectivity index (χ4v) is 2.77. The lowest BCUT2D eigenvalue weighted by Crippen LogP contribution is -2.22. The Labute approximate surface area is 160 Å². The summed E-state index contributed by atoms with van der Waals surface area (Å²) in [6, 6.07) is 24.8. The number of benzene rings is 3. The number of amides is 1. The maximum Gasteiger partial charge on any atom is 0.243 e. The number of para-hydroxylation sites is 4. The second-order valence-corrected chi connectivity index (χ2v) is 6.46. The van der Waals surface area contributed by atoms with Crippen molar-refractivity contribution in [3.05, 3.63) is 82.4 Å². The molecule has 0 aromatic heterocycles. The van der Waals surface area contributed by atoms with E-state index in [1.54, 1.807) is 0 Å². The number of hydrogen-bond acceptors (Lipinski definition) is 3. The van der Waals surface area contributed by atoms with Crippen LogP contribution in [0, 0.1) is 3.57 Å². The summed E-state index contributed by atoms with van der Waals surface area (Å²) in [7, 11) is 0. The molecule has 0 atom stereocenters. The summed E-state index contributed by atoms with van der Waals surface area (Å²) in [6.45, 7) is 0.153. The standard InChI is InChI=1S/C20H17IN2O2/c21-16-10-4-5-11-17(16)23-20(24)14-22-18-12-6-7-13-19(18)25-15-8-2-1-3-9-15/h1-13,22H,14H2,(H,23,24). The van der Waals surface area contributed by atoms with E-state index in [0.29, 0.717) is 5.75 Å². The van der Waals surface area contributed by atoms with Gasteiger partial charge in [0.2, 0.25) is 5.91 Å². The molecule has 5 heteroatoms. The minimum absolute atomic E-state index is 0.112. The first kappa shape index (κ1) is 17.3. The van der Waals surface area contributed by atoms with Crippen LogP contribution in [0.4, 0.5) is 11.4 Å². The van der Waals surface area contributed by atoms with E-state index in [0.717, 1.165) is 20.7 Å². The first-order valence-electron chi connectivity index (χ1n) is 7.82. The highest BCUT2D eigenvalue weighted by Gasteiger charge is 2.08. The smallest absolute Gasteiger partial charge is 0.243 e. The van der Waals surface area contributed by atoms with Crippen molar-refractivity contribution in [2.75, 3.05) is 17.2 Å². The van der Waals surface area contributed by atoms with Gasteiger partial charge in [-0.2, -0.15) is 0 Å². The number of anilines is 2. The van der Waals surface area contributed by atoms with E-state index in [9.17, 15) is 4.79 Å². The molecular weight excluding hydrogens is 427 g/mol. The Kier molecular flexibility index (Phi) is 5.90. The summed E-state index contributed by atoms with van der Waals surface area (Å²) >= 11 is 2.20. The molecule has 0 spiro atoms. The van der Waals surface area contributed by atoms with Gasteiger partial charge in [-0.05, 0) is 59.0 Å². The van der Waals surface area contributed by atoms with Crippen molar-refractivity contribution in [2.45, 2.75) is 0 Å². The summed E-state index contributed by atoms with van der Waals surface area (Å²) in [5, 5.41) is 6.03. The predicted octanol–water partition coefficient (Wildman–Crippen LogP) is 5.13. The molecule has 0 aliphatic carbocycles. The molecule has 0 saturated carbocycles. The number of hydrogen-bond donors (Lipinski definition) is 2. The summed E-state index contributed by atoms with van der Waals surface area (Å²) in [5.41, 5.74) is 1.58. The molecule has 0 heterocycles. The summed E-state index contributed by atoms with van der Waals surface area (Å²) in [4.78, 5) is 12.2. The number of nitrogens with one attached hydrogen (secondary N) is 2. The average molecular weight is 444 g/mol. The predicted molar refractivity (Wildman–Crippen MR) is 109 cm³/mol. The Morgan fingerprint density at radius 3 is 2.24 bits per heavy atom. The summed E-state index contributed by atoms with van der Waals surface area (Å²) in [6.07, 6.45) is 0. The van der Waals surface area contributed by atoms with E-state index in [1.165, 1.54) is 0 Å². The molecular formula is C20H17IN2O2. The Morgan fingerprint density at radius 2 is 1.48 bits per heavy atom. The minimum Gasteiger partial charge on any atom is -0.455 e. The van der Waals surface area contributed by atoms with Crippen molar-refractivity contribution in [1.29, 1.82) is 0 Å². The Balaban J connectivity index is 1.63. The van der Waals surface area contributed by atoms with Gasteiger partial charge in [0.05, 0.1) is 17.9 Å². The lowest BCUT2D eigenvalue weighted by molar-refractivity contribution is -0.114. The maximum atomic E-state index is 12.2. The molecule has 0 aliphatic heterocycles. The second-order valence-electron chi connectivity index (χ2n) is 5.29. The van der Waals surface area contributed by atoms with E-state index in [1.807, 2.05) is 78.9 Å². The third kappa shape index (κ3) is 4.96. The van der Waals surface area contributed by atoms with Gasteiger partial charge in [0, 0.05) is 3.57 Å². The highest BCUT2D eigenvalue weighted by molar-refractivity contribution is 14.1. The SMILES string of the molecule is O=C(CNc1ccccc1Oc1ccccc1)Nc1ccccc1I. The molecule has 3 aromatic rings. The van der Waals surface area contributed by atoms with Crippen LogP contribution in [-0.4, -0.2) is 12.5 Å². The van der Waals surface area contributed by atoms with Crippen LogP contribution in [0.2, 0.25) is 0 Å². The van der Waals surface area contributed by atoms with Crippen molar-refractivity contribution in [3.63, 3.8) is 0 Å². The zero-order valence-electron chi connectivity index (χ0n) is 13.4. The van der Waals surface area contributed by atoms with Crippen molar-refractivity contribution in [2.24, 2.45) is 0 Å². The number of carbonyl (C=O) groups is 1. The molecule has 3 rings (SSSR count). The van der Waals surface area contributed by atoms with Crippen LogP contribution in [0.15, 0.2) is 78.9 Å². The summed E-state index contributed by atoms with van der Waals surface area (Å²) < 4.78 is 6.88. The lowest BCUT2D eigenvalue weighted by Gasteiger charge is -2.13. The molecule has 1 amide bonds. The molecule has 0 fully saturated rings. The number of rotatable bonds is 6. The van der Waals surface area contributed by atoms with Gasteiger partial charge in [-0.3, -0.25) is 4.79 Å². The number of carbonyl (C=O) groups excluding carboxylic acids is 1. The Morgan fingerprint density at radius 1 is 0.840 bits per heavy atom. The van der Waals surface area contributed by atoms with E-state index in [2.05, 4.69) is 33.2 Å². The zero-order chi connectivity index (χ0) is 17.5. The third-order valence-electron chi connectivity index (χ3n) is 3.45. The normalized spacial score (nSPS) is 10.1. The number of halogens is 1. The highest BCUT2D eigenvalue weighted by atomic mass is 127. The Bertz CT molecular complexity index is 853. The highest BCUT2D eigenvalue weighted by Crippen LogP contribution is 2.28. The van der Waals surface area contributed by atoms with Crippen LogP contribution in [0.3, 0.4) is 0 Å². The first-order valence-corrected chi connectivity index (χ1v) is 8.90. The molecule has 0 saturated heterocycles. The zero-order valence-corrected chi connectivity index (χ0v) is 15.6. The fourth-order valence-electron chi connectivity index (χ4n) is 2.25. The maximum absolute atomic E-state index is 12.2. The van der Waals surface area contributed by atoms with Crippen LogP contribution < -0.4 is 15.4 Å². The van der Waals surface area contributed by atoms with Crippen LogP contribution in [0.1, 0.15) is 0 Å². The monoisotopic (exact) mass is 444 g/mol. The van der Waals surface area contributed by atoms with Crippen molar-refractivity contribution < 1.29 is 9.53 Å². The topological polar surface area (TPSA) is 50.4 Å². The van der Waals surface area contributed by atoms with Crippen LogP contribution >= 0.6 is 22.6 Å². The van der Waals surface area contributed by atoms with Crippen LogP contribution in [0.25, 0.3) is 0 Å². The van der Waals surface area contributed by atoms with Gasteiger partial charge < -0.3 is 15.4 Å². The van der Waals surface area contributed by atoms with Crippen LogP contribution in [0.5, 0.6) is 11.5 Å². The van der Waals surface area contributed by atoms with E-state index >= 15 is 0 Å². The van der Waals surface area contributed by atoms with Crippen molar-refractivity contribution >= 4 is 39.9 Å². The molecule has 25 heavy (non-hydrogen) atoms. The van der Waals surface area contributed by atoms with Crippen LogP contribution in [-0.2, 0) is 4.79 Å². The van der Waals surface area contributed by atoms with Crippen molar-refractivity contribution in [1.82, 2.24) is 0 Å². The molecule has 126 valence electrons. The van der Waals surface area contributed by atoms with Gasteiger partial charge in [0.1, 0.15) is 5.75 Å². The molecule has 2 N–H and O–H groups in total. The fraction of sp³-hybridized carbons (Fsp3) is 0.0500. The molecule has 0 unspecified atom stereocenters. The Hall–Kier alpha value is -2.54. The first-order chi connectivity index (χ1) is 12.2. The van der Waals surface area contributed by atoms with Gasteiger partial charge in [-0.15, -0.1) is 0 Å². The number of ether oxygens (including phenoxy) is 1. The molecule has 0 aliphatic rings. The van der Waals surface area contributed by atoms with E-state index < -0.39 is 0 Å². The van der Waals surface area contributed by atoms with Gasteiger partial charge in [0.15, 0.2) is 5.75 Å². The second kappa shape index (κ2) is 8.53. The quantitative estimate of drug-likeness (QED) is 0.518. The summed E-state index contributed by atoms with van der Waals surface area (Å²) in [5.74, 6) is 1.31. The molecule has 0 radical (unpaired) electrons. The van der Waals surface area contributed by atoms with E-state index in [-0.39, 0.29) is 12.5 Å². The molecule has 0 bridgehead atoms. The van der Waals surface area contributed by atoms with Gasteiger partial charge >= 0.3 is 0 Å². The van der Waals surface area contributed by atoms with E-state index in [4.69, 9.17) is 4.74 Å². The molecule has 4 nitrogen and oxygen atoms in total. The van der Waals surface area contributed by atoms with Gasteiger partial charge in [0.25, 0.3) is 0 Å². The van der Waals surface area contributed by atoms with Gasteiger partial charge in [-0.25, -0.2) is 0 Å². The van der Waals surface area contributed by atoms with Gasteiger partial charge in [-0.1, -0.05) is 42.5 Å². The average Bonchev–Trinajstić information content (AvgIpc) is 2.64. The largest absolute Gasteiger partial charge is 0.455 e. The lowest BCUT2D eigenvalue weighted by atomic mass is 10.2. The third-order valence-corrected chi connectivity index (χ3v) is 4.39. The van der Waals surface area contributed by atoms with Crippen molar-refractivity contribution in [3.8, 4) is 11.5 Å². The molecule has 3 aromatic carbocycles.